The quantitative estimate of drug-likeness (QED) is 0.797. The van der Waals surface area contributed by atoms with E-state index in [1.54, 1.807) is 25.2 Å². The van der Waals surface area contributed by atoms with E-state index in [2.05, 4.69) is 15.4 Å². The van der Waals surface area contributed by atoms with Crippen molar-refractivity contribution in [3.05, 3.63) is 16.4 Å². The highest BCUT2D eigenvalue weighted by Crippen LogP contribution is 2.20. The average molecular weight is 296 g/mol. The van der Waals surface area contributed by atoms with Gasteiger partial charge in [-0.05, 0) is 40.7 Å². The lowest BCUT2D eigenvalue weighted by Crippen LogP contribution is -2.29. The molecule has 0 atom stereocenters. The van der Waals surface area contributed by atoms with Crippen molar-refractivity contribution in [2.75, 3.05) is 6.54 Å². The molecule has 110 valence electrons. The van der Waals surface area contributed by atoms with E-state index >= 15 is 0 Å². The minimum Gasteiger partial charge on any atom is -0.481 e. The molecule has 20 heavy (non-hydrogen) atoms. The highest BCUT2D eigenvalue weighted by Gasteiger charge is 2.26. The first-order chi connectivity index (χ1) is 9.31. The van der Waals surface area contributed by atoms with E-state index in [1.165, 1.54) is 0 Å². The third kappa shape index (κ3) is 2.99. The molecule has 0 fully saturated rings. The number of nitrogens with one attached hydrogen (secondary N) is 1. The van der Waals surface area contributed by atoms with Crippen molar-refractivity contribution in [1.29, 1.82) is 0 Å². The van der Waals surface area contributed by atoms with E-state index in [-0.39, 0.29) is 0 Å². The van der Waals surface area contributed by atoms with Gasteiger partial charge in [-0.25, -0.2) is 9.50 Å². The normalized spacial score (nSPS) is 12.2. The summed E-state index contributed by atoms with van der Waals surface area (Å²) in [6, 6.07) is 0. The van der Waals surface area contributed by atoms with Crippen molar-refractivity contribution in [2.45, 2.75) is 40.7 Å². The summed E-state index contributed by atoms with van der Waals surface area (Å²) in [6.45, 7) is 8.70. The summed E-state index contributed by atoms with van der Waals surface area (Å²) in [4.78, 5) is 16.4. The van der Waals surface area contributed by atoms with E-state index in [0.29, 0.717) is 19.5 Å². The predicted molar refractivity (Wildman–Crippen MR) is 78.1 cm³/mol. The van der Waals surface area contributed by atoms with Gasteiger partial charge in [0.25, 0.3) is 0 Å². The molecule has 0 aliphatic rings. The van der Waals surface area contributed by atoms with Crippen LogP contribution in [-0.2, 0) is 11.3 Å². The smallest absolute Gasteiger partial charge is 0.309 e. The fourth-order valence-corrected chi connectivity index (χ4v) is 2.71. The lowest BCUT2D eigenvalue weighted by molar-refractivity contribution is -0.147. The molecular weight excluding hydrogens is 276 g/mol. The monoisotopic (exact) mass is 296 g/mol. The summed E-state index contributed by atoms with van der Waals surface area (Å²) in [5.74, 6) is -0.766. The number of hydrogen-bond donors (Lipinski definition) is 2. The lowest BCUT2D eigenvalue weighted by Gasteiger charge is -2.18. The van der Waals surface area contributed by atoms with Gasteiger partial charge in [-0.15, -0.1) is 0 Å². The van der Waals surface area contributed by atoms with Gasteiger partial charge in [-0.3, -0.25) is 4.79 Å². The number of aliphatic carboxylic acids is 1. The van der Waals surface area contributed by atoms with Crippen molar-refractivity contribution in [2.24, 2.45) is 5.41 Å². The maximum absolute atomic E-state index is 11.0. The Balaban J connectivity index is 1.96. The molecule has 0 aromatic carbocycles. The van der Waals surface area contributed by atoms with Crippen LogP contribution in [0.4, 0.5) is 0 Å². The Labute approximate surface area is 121 Å². The Morgan fingerprint density at radius 2 is 2.15 bits per heavy atom. The summed E-state index contributed by atoms with van der Waals surface area (Å²) < 4.78 is 1.87. The standard InChI is InChI=1S/C13H20N4O2S/c1-8-10(17-12(15-8)20-9(2)16-17)7-14-6-5-13(3,4)11(18)19/h14H,5-7H2,1-4H3,(H,18,19). The fourth-order valence-electron chi connectivity index (χ4n) is 1.90. The number of rotatable bonds is 6. The number of carboxylic acids is 1. The summed E-state index contributed by atoms with van der Waals surface area (Å²) in [7, 11) is 0. The van der Waals surface area contributed by atoms with Crippen molar-refractivity contribution >= 4 is 22.3 Å². The molecule has 0 aliphatic heterocycles. The number of aryl methyl sites for hydroxylation is 2. The molecule has 2 N–H and O–H groups in total. The van der Waals surface area contributed by atoms with Crippen LogP contribution in [0.15, 0.2) is 0 Å². The molecule has 2 heterocycles. The molecule has 0 bridgehead atoms. The van der Waals surface area contributed by atoms with Gasteiger partial charge >= 0.3 is 5.97 Å². The Kier molecular flexibility index (Phi) is 4.10. The minimum atomic E-state index is -0.766. The Morgan fingerprint density at radius 1 is 1.45 bits per heavy atom. The molecule has 6 nitrogen and oxygen atoms in total. The molecule has 7 heteroatoms. The van der Waals surface area contributed by atoms with Crippen LogP contribution >= 0.6 is 11.3 Å². The molecule has 0 spiro atoms. The van der Waals surface area contributed by atoms with Crippen LogP contribution < -0.4 is 5.32 Å². The Bertz CT molecular complexity index is 630. The number of nitrogens with zero attached hydrogens (tertiary/aromatic N) is 3. The lowest BCUT2D eigenvalue weighted by atomic mass is 9.90. The number of carbonyl (C=O) groups is 1. The van der Waals surface area contributed by atoms with Gasteiger partial charge in [-0.1, -0.05) is 11.3 Å². The summed E-state index contributed by atoms with van der Waals surface area (Å²) in [5.41, 5.74) is 1.30. The Hall–Kier alpha value is -1.47. The first kappa shape index (κ1) is 14.9. The molecule has 0 saturated carbocycles. The van der Waals surface area contributed by atoms with Crippen molar-refractivity contribution in [1.82, 2.24) is 19.9 Å². The van der Waals surface area contributed by atoms with E-state index in [4.69, 9.17) is 5.11 Å². The topological polar surface area (TPSA) is 79.5 Å². The van der Waals surface area contributed by atoms with Crippen LogP contribution in [-0.4, -0.2) is 32.2 Å². The second kappa shape index (κ2) is 5.49. The maximum atomic E-state index is 11.0. The van der Waals surface area contributed by atoms with Gasteiger partial charge in [0.05, 0.1) is 16.8 Å². The molecule has 0 radical (unpaired) electrons. The predicted octanol–water partition coefficient (Wildman–Crippen LogP) is 2.00. The van der Waals surface area contributed by atoms with Crippen LogP contribution in [0.25, 0.3) is 4.96 Å². The van der Waals surface area contributed by atoms with Crippen molar-refractivity contribution in [3.63, 3.8) is 0 Å². The molecule has 2 rings (SSSR count). The number of aromatic nitrogens is 3. The molecule has 2 aromatic rings. The first-order valence-corrected chi connectivity index (χ1v) is 7.38. The fraction of sp³-hybridized carbons (Fsp3) is 0.615. The van der Waals surface area contributed by atoms with Gasteiger partial charge in [0, 0.05) is 6.54 Å². The van der Waals surface area contributed by atoms with Crippen LogP contribution in [0.3, 0.4) is 0 Å². The number of fused-ring (bicyclic) bond motifs is 1. The molecule has 0 unspecified atom stereocenters. The van der Waals surface area contributed by atoms with Crippen LogP contribution in [0.2, 0.25) is 0 Å². The van der Waals surface area contributed by atoms with E-state index in [1.807, 2.05) is 18.4 Å². The zero-order valence-corrected chi connectivity index (χ0v) is 13.0. The second-order valence-corrected chi connectivity index (χ2v) is 6.74. The minimum absolute atomic E-state index is 0.583. The second-order valence-electron chi connectivity index (χ2n) is 5.58. The van der Waals surface area contributed by atoms with E-state index in [0.717, 1.165) is 21.4 Å². The Morgan fingerprint density at radius 3 is 2.80 bits per heavy atom. The third-order valence-corrected chi connectivity index (χ3v) is 4.22. The molecule has 0 aliphatic carbocycles. The molecule has 0 amide bonds. The molecule has 0 saturated heterocycles. The maximum Gasteiger partial charge on any atom is 0.309 e. The van der Waals surface area contributed by atoms with Crippen LogP contribution in [0.5, 0.6) is 0 Å². The summed E-state index contributed by atoms with van der Waals surface area (Å²) >= 11 is 1.57. The highest BCUT2D eigenvalue weighted by atomic mass is 32.1. The summed E-state index contributed by atoms with van der Waals surface area (Å²) in [6.07, 6.45) is 0.583. The molecular formula is C13H20N4O2S. The zero-order valence-electron chi connectivity index (χ0n) is 12.2. The van der Waals surface area contributed by atoms with Crippen LogP contribution in [0, 0.1) is 19.3 Å². The van der Waals surface area contributed by atoms with Gasteiger partial charge < -0.3 is 10.4 Å². The number of imidazole rings is 1. The van der Waals surface area contributed by atoms with Gasteiger partial charge in [-0.2, -0.15) is 5.10 Å². The summed E-state index contributed by atoms with van der Waals surface area (Å²) in [5, 5.41) is 17.8. The highest BCUT2D eigenvalue weighted by molar-refractivity contribution is 7.16. The van der Waals surface area contributed by atoms with Gasteiger partial charge in [0.1, 0.15) is 5.01 Å². The molecule has 2 aromatic heterocycles. The van der Waals surface area contributed by atoms with E-state index < -0.39 is 11.4 Å². The van der Waals surface area contributed by atoms with Gasteiger partial charge in [0.2, 0.25) is 4.96 Å². The largest absolute Gasteiger partial charge is 0.481 e. The number of carboxylic acid groups (broad SMARTS) is 1. The van der Waals surface area contributed by atoms with Gasteiger partial charge in [0.15, 0.2) is 0 Å². The zero-order chi connectivity index (χ0) is 14.9. The van der Waals surface area contributed by atoms with Crippen molar-refractivity contribution < 1.29 is 9.90 Å². The SMILES string of the molecule is Cc1nn2c(CNCCC(C)(C)C(=O)O)c(C)nc2s1. The van der Waals surface area contributed by atoms with Crippen molar-refractivity contribution in [3.8, 4) is 0 Å². The average Bonchev–Trinajstić information content (AvgIpc) is 2.81. The first-order valence-electron chi connectivity index (χ1n) is 6.57. The van der Waals surface area contributed by atoms with Crippen LogP contribution in [0.1, 0.15) is 36.7 Å². The number of hydrogen-bond acceptors (Lipinski definition) is 5. The van der Waals surface area contributed by atoms with E-state index in [9.17, 15) is 4.79 Å². The third-order valence-electron chi connectivity index (χ3n) is 3.40.